The van der Waals surface area contributed by atoms with Crippen molar-refractivity contribution in [2.45, 2.75) is 6.18 Å². The molecule has 1 aromatic carbocycles. The molecule has 1 N–H and O–H groups in total. The Bertz CT molecular complexity index is 299. The molecule has 0 heterocycles. The summed E-state index contributed by atoms with van der Waals surface area (Å²) in [5.41, 5.74) is -0.421. The van der Waals surface area contributed by atoms with E-state index in [1.165, 1.54) is 12.1 Å². The topological polar surface area (TPSA) is 15.3 Å². The fourth-order valence-electron chi connectivity index (χ4n) is 0.830. The Kier molecular flexibility index (Phi) is 3.47. The molecular weight excluding hydrogens is 240 g/mol. The number of benzene rings is 1. The molecule has 0 aromatic heterocycles. The first-order valence-electron chi connectivity index (χ1n) is 3.44. The summed E-state index contributed by atoms with van der Waals surface area (Å²) >= 11 is 10.6. The Morgan fingerprint density at radius 3 is 2.00 bits per heavy atom. The van der Waals surface area contributed by atoms with Crippen LogP contribution in [0.2, 0.25) is 0 Å². The second-order valence-electron chi connectivity index (χ2n) is 2.41. The van der Waals surface area contributed by atoms with Crippen molar-refractivity contribution in [3.05, 3.63) is 29.8 Å². The number of rotatable bonds is 2. The van der Waals surface area contributed by atoms with Crippen molar-refractivity contribution in [3.8, 4) is 0 Å². The number of hydrogen-bond acceptors (Lipinski definition) is 2. The molecular formula is C7H5Cl2F3N2. The third-order valence-corrected chi connectivity index (χ3v) is 2.03. The van der Waals surface area contributed by atoms with Gasteiger partial charge in [-0.25, -0.2) is 4.53 Å². The highest BCUT2D eigenvalue weighted by Gasteiger charge is 2.30. The van der Waals surface area contributed by atoms with E-state index in [9.17, 15) is 13.2 Å². The van der Waals surface area contributed by atoms with Crippen molar-refractivity contribution in [2.75, 3.05) is 4.53 Å². The predicted octanol–water partition coefficient (Wildman–Crippen LogP) is 3.32. The second-order valence-corrected chi connectivity index (χ2v) is 2.92. The van der Waals surface area contributed by atoms with Gasteiger partial charge >= 0.3 is 6.18 Å². The first kappa shape index (κ1) is 11.4. The Balaban J connectivity index is 2.89. The summed E-state index contributed by atoms with van der Waals surface area (Å²) in [7, 11) is 0. The van der Waals surface area contributed by atoms with Crippen LogP contribution in [0.4, 0.5) is 18.9 Å². The molecule has 0 aliphatic heterocycles. The maximum absolute atomic E-state index is 12.1. The van der Waals surface area contributed by atoms with Gasteiger partial charge in [0.1, 0.15) is 0 Å². The lowest BCUT2D eigenvalue weighted by Crippen LogP contribution is -2.19. The van der Waals surface area contributed by atoms with Crippen LogP contribution in [0.25, 0.3) is 0 Å². The third-order valence-electron chi connectivity index (χ3n) is 1.50. The zero-order chi connectivity index (χ0) is 10.8. The molecule has 2 nitrogen and oxygen atoms in total. The summed E-state index contributed by atoms with van der Waals surface area (Å²) in [6.07, 6.45) is -4.34. The molecule has 14 heavy (non-hydrogen) atoms. The van der Waals surface area contributed by atoms with Crippen LogP contribution in [0.15, 0.2) is 24.3 Å². The van der Waals surface area contributed by atoms with Gasteiger partial charge in [-0.1, -0.05) is 0 Å². The minimum absolute atomic E-state index is 0.315. The molecule has 0 unspecified atom stereocenters. The fourth-order valence-corrected chi connectivity index (χ4v) is 1.04. The van der Waals surface area contributed by atoms with E-state index in [4.69, 9.17) is 23.6 Å². The summed E-state index contributed by atoms with van der Waals surface area (Å²) in [5, 5.41) is 0. The van der Waals surface area contributed by atoms with Gasteiger partial charge < -0.3 is 0 Å². The highest BCUT2D eigenvalue weighted by Crippen LogP contribution is 2.30. The van der Waals surface area contributed by atoms with Crippen LogP contribution < -0.4 is 9.47 Å². The monoisotopic (exact) mass is 244 g/mol. The summed E-state index contributed by atoms with van der Waals surface area (Å²) in [4.78, 5) is 2.03. The van der Waals surface area contributed by atoms with Gasteiger partial charge in [-0.2, -0.15) is 13.2 Å². The van der Waals surface area contributed by atoms with E-state index >= 15 is 0 Å². The highest BCUT2D eigenvalue weighted by atomic mass is 35.5. The molecule has 1 aromatic rings. The molecule has 0 fully saturated rings. The Morgan fingerprint density at radius 1 is 1.14 bits per heavy atom. The lowest BCUT2D eigenvalue weighted by molar-refractivity contribution is -0.137. The van der Waals surface area contributed by atoms with Crippen LogP contribution in [0.3, 0.4) is 0 Å². The molecule has 7 heteroatoms. The number of anilines is 1. The predicted molar refractivity (Wildman–Crippen MR) is 48.8 cm³/mol. The van der Waals surface area contributed by atoms with Crippen molar-refractivity contribution in [3.63, 3.8) is 0 Å². The van der Waals surface area contributed by atoms with E-state index in [1.807, 2.05) is 4.94 Å². The zero-order valence-corrected chi connectivity index (χ0v) is 8.16. The van der Waals surface area contributed by atoms with Crippen LogP contribution in [0.1, 0.15) is 5.56 Å². The molecule has 0 atom stereocenters. The quantitative estimate of drug-likeness (QED) is 0.635. The Labute approximate surface area is 88.4 Å². The Morgan fingerprint density at radius 2 is 1.64 bits per heavy atom. The molecule has 0 saturated heterocycles. The minimum Gasteiger partial charge on any atom is -0.203 e. The highest BCUT2D eigenvalue weighted by molar-refractivity contribution is 6.29. The van der Waals surface area contributed by atoms with E-state index in [-0.39, 0.29) is 0 Å². The molecule has 0 bridgehead atoms. The maximum atomic E-state index is 12.1. The van der Waals surface area contributed by atoms with Gasteiger partial charge in [-0.15, -0.1) is 4.94 Å². The lowest BCUT2D eigenvalue weighted by atomic mass is 10.2. The number of halogens is 5. The van der Waals surface area contributed by atoms with Gasteiger partial charge in [0.25, 0.3) is 0 Å². The van der Waals surface area contributed by atoms with Crippen LogP contribution in [-0.4, -0.2) is 0 Å². The molecule has 0 aliphatic carbocycles. The molecule has 0 spiro atoms. The third kappa shape index (κ3) is 2.67. The van der Waals surface area contributed by atoms with E-state index in [0.717, 1.165) is 16.7 Å². The molecule has 78 valence electrons. The maximum Gasteiger partial charge on any atom is 0.416 e. The summed E-state index contributed by atoms with van der Waals surface area (Å²) in [6, 6.07) is 4.23. The van der Waals surface area contributed by atoms with Gasteiger partial charge in [-0.3, -0.25) is 0 Å². The Hall–Kier alpha value is -0.650. The smallest absolute Gasteiger partial charge is 0.203 e. The first-order valence-corrected chi connectivity index (χ1v) is 4.16. The van der Waals surface area contributed by atoms with Crippen molar-refractivity contribution >= 4 is 29.2 Å². The van der Waals surface area contributed by atoms with Gasteiger partial charge in [-0.05, 0) is 36.0 Å². The SMILES string of the molecule is FC(F)(F)c1ccc(N(Cl)NCl)cc1. The number of hydrazine groups is 1. The standard InChI is InChI=1S/C7H5Cl2F3N2/c8-13-14(9)6-3-1-5(2-4-6)7(10,11)12/h1-4,13H. The van der Waals surface area contributed by atoms with Crippen LogP contribution in [0, 0.1) is 0 Å². The van der Waals surface area contributed by atoms with Gasteiger partial charge in [0.2, 0.25) is 0 Å². The van der Waals surface area contributed by atoms with Crippen molar-refractivity contribution in [2.24, 2.45) is 0 Å². The van der Waals surface area contributed by atoms with Crippen LogP contribution >= 0.6 is 23.6 Å². The van der Waals surface area contributed by atoms with E-state index in [2.05, 4.69) is 0 Å². The van der Waals surface area contributed by atoms with E-state index in [1.54, 1.807) is 0 Å². The van der Waals surface area contributed by atoms with E-state index < -0.39 is 11.7 Å². The second kappa shape index (κ2) is 4.25. The number of nitrogens with one attached hydrogen (secondary N) is 1. The van der Waals surface area contributed by atoms with Gasteiger partial charge in [0.15, 0.2) is 0 Å². The minimum atomic E-state index is -4.34. The summed E-state index contributed by atoms with van der Waals surface area (Å²) in [5.74, 6) is 0. The molecule has 0 radical (unpaired) electrons. The first-order chi connectivity index (χ1) is 6.45. The van der Waals surface area contributed by atoms with Crippen LogP contribution in [0.5, 0.6) is 0 Å². The van der Waals surface area contributed by atoms with Gasteiger partial charge in [0, 0.05) is 11.8 Å². The van der Waals surface area contributed by atoms with Crippen LogP contribution in [-0.2, 0) is 6.18 Å². The van der Waals surface area contributed by atoms with E-state index in [0.29, 0.717) is 5.69 Å². The van der Waals surface area contributed by atoms with Gasteiger partial charge in [0.05, 0.1) is 11.3 Å². The average molecular weight is 245 g/mol. The zero-order valence-electron chi connectivity index (χ0n) is 6.65. The lowest BCUT2D eigenvalue weighted by Gasteiger charge is -2.12. The van der Waals surface area contributed by atoms with Crippen molar-refractivity contribution < 1.29 is 13.2 Å². The van der Waals surface area contributed by atoms with Crippen molar-refractivity contribution in [1.82, 2.24) is 4.94 Å². The molecule has 0 aliphatic rings. The molecule has 0 saturated carbocycles. The summed E-state index contributed by atoms with van der Waals surface area (Å²) in [6.45, 7) is 0. The molecule has 0 amide bonds. The fraction of sp³-hybridized carbons (Fsp3) is 0.143. The number of nitrogens with zero attached hydrogens (tertiary/aromatic N) is 1. The van der Waals surface area contributed by atoms with Crippen molar-refractivity contribution in [1.29, 1.82) is 0 Å². The normalized spacial score (nSPS) is 11.5. The largest absolute Gasteiger partial charge is 0.416 e. The molecule has 1 rings (SSSR count). The average Bonchev–Trinajstić information content (AvgIpc) is 2.15. The number of alkyl halides is 3. The summed E-state index contributed by atoms with van der Waals surface area (Å²) < 4.78 is 37.2. The number of hydrogen-bond donors (Lipinski definition) is 1.